The van der Waals surface area contributed by atoms with Gasteiger partial charge in [0.15, 0.2) is 0 Å². The van der Waals surface area contributed by atoms with Crippen molar-refractivity contribution in [1.29, 1.82) is 0 Å². The van der Waals surface area contributed by atoms with E-state index >= 15 is 0 Å². The lowest BCUT2D eigenvalue weighted by Crippen LogP contribution is -2.25. The summed E-state index contributed by atoms with van der Waals surface area (Å²) in [6.45, 7) is 3.75. The van der Waals surface area contributed by atoms with Crippen molar-refractivity contribution in [2.24, 2.45) is 0 Å². The summed E-state index contributed by atoms with van der Waals surface area (Å²) in [5, 5.41) is 2.90. The Morgan fingerprint density at radius 2 is 1.72 bits per heavy atom. The number of nitrogens with one attached hydrogen (secondary N) is 1. The van der Waals surface area contributed by atoms with Gasteiger partial charge in [0.1, 0.15) is 5.82 Å². The van der Waals surface area contributed by atoms with Crippen LogP contribution >= 0.6 is 0 Å². The smallest absolute Gasteiger partial charge is 0.356 e. The van der Waals surface area contributed by atoms with Gasteiger partial charge in [0.2, 0.25) is 5.95 Å². The van der Waals surface area contributed by atoms with Crippen LogP contribution in [0, 0.1) is 6.92 Å². The van der Waals surface area contributed by atoms with E-state index in [1.807, 2.05) is 13.0 Å². The average Bonchev–Trinajstić information content (AvgIpc) is 2.83. The van der Waals surface area contributed by atoms with Crippen molar-refractivity contribution in [2.75, 3.05) is 23.3 Å². The van der Waals surface area contributed by atoms with Crippen LogP contribution in [0.3, 0.4) is 0 Å². The van der Waals surface area contributed by atoms with Gasteiger partial charge in [-0.3, -0.25) is 0 Å². The lowest BCUT2D eigenvalue weighted by molar-refractivity contribution is -0.137. The minimum absolute atomic E-state index is 0.318. The fourth-order valence-electron chi connectivity index (χ4n) is 2.97. The first kappa shape index (κ1) is 17.5. The van der Waals surface area contributed by atoms with Crippen LogP contribution in [0.2, 0.25) is 0 Å². The van der Waals surface area contributed by atoms with Crippen LogP contribution in [0.1, 0.15) is 36.9 Å². The molecule has 0 spiro atoms. The Balaban J connectivity index is 1.83. The maximum absolute atomic E-state index is 12.9. The average molecular weight is 350 g/mol. The molecule has 4 nitrogen and oxygen atoms in total. The maximum Gasteiger partial charge on any atom is 0.416 e. The molecule has 0 atom stereocenters. The third kappa shape index (κ3) is 4.61. The molecule has 134 valence electrons. The van der Waals surface area contributed by atoms with Crippen molar-refractivity contribution in [3.05, 3.63) is 41.6 Å². The summed E-state index contributed by atoms with van der Waals surface area (Å²) < 4.78 is 38.6. The lowest BCUT2D eigenvalue weighted by atomic mass is 10.2. The summed E-state index contributed by atoms with van der Waals surface area (Å²) in [6.07, 6.45) is 0.313. The molecule has 3 rings (SSSR count). The molecular formula is C18H21F3N4. The minimum Gasteiger partial charge on any atom is -0.356 e. The molecule has 0 aliphatic carbocycles. The Bertz CT molecular complexity index is 723. The van der Waals surface area contributed by atoms with E-state index in [0.29, 0.717) is 11.6 Å². The predicted octanol–water partition coefficient (Wildman–Crippen LogP) is 4.93. The van der Waals surface area contributed by atoms with Crippen LogP contribution in [0.5, 0.6) is 0 Å². The molecule has 1 aromatic heterocycles. The number of rotatable bonds is 3. The highest BCUT2D eigenvalue weighted by molar-refractivity contribution is 5.57. The first-order valence-electron chi connectivity index (χ1n) is 8.47. The summed E-state index contributed by atoms with van der Waals surface area (Å²) in [5.74, 6) is 1.14. The van der Waals surface area contributed by atoms with Gasteiger partial charge in [0, 0.05) is 30.5 Å². The molecule has 1 fully saturated rings. The van der Waals surface area contributed by atoms with E-state index in [1.54, 1.807) is 6.07 Å². The molecule has 1 aliphatic heterocycles. The number of hydrogen-bond acceptors (Lipinski definition) is 4. The normalized spacial score (nSPS) is 15.8. The Morgan fingerprint density at radius 3 is 2.40 bits per heavy atom. The number of alkyl halides is 3. The molecule has 2 heterocycles. The number of hydrogen-bond donors (Lipinski definition) is 1. The van der Waals surface area contributed by atoms with Gasteiger partial charge in [-0.05, 0) is 38.0 Å². The zero-order valence-corrected chi connectivity index (χ0v) is 14.1. The van der Waals surface area contributed by atoms with Gasteiger partial charge in [-0.1, -0.05) is 18.9 Å². The topological polar surface area (TPSA) is 41.1 Å². The number of aryl methyl sites for hydroxylation is 1. The Labute approximate surface area is 145 Å². The standard InChI is InChI=1S/C18H21F3N4/c1-13-11-16(25-9-4-2-3-5-10-25)24-17(22-13)23-15-8-6-7-14(12-15)18(19,20)21/h6-8,11-12H,2-5,9-10H2,1H3,(H,22,23,24). The van der Waals surface area contributed by atoms with Crippen molar-refractivity contribution in [3.63, 3.8) is 0 Å². The molecule has 0 amide bonds. The summed E-state index contributed by atoms with van der Waals surface area (Å²) in [4.78, 5) is 11.0. The number of halogens is 3. The third-order valence-electron chi connectivity index (χ3n) is 4.22. The van der Waals surface area contributed by atoms with Gasteiger partial charge in [-0.15, -0.1) is 0 Å². The highest BCUT2D eigenvalue weighted by Gasteiger charge is 2.30. The number of benzene rings is 1. The van der Waals surface area contributed by atoms with Crippen molar-refractivity contribution in [1.82, 2.24) is 9.97 Å². The van der Waals surface area contributed by atoms with Gasteiger partial charge in [0.05, 0.1) is 5.56 Å². The molecule has 0 radical (unpaired) electrons. The van der Waals surface area contributed by atoms with Crippen molar-refractivity contribution >= 4 is 17.5 Å². The lowest BCUT2D eigenvalue weighted by Gasteiger charge is -2.22. The molecule has 1 aromatic carbocycles. The van der Waals surface area contributed by atoms with Crippen molar-refractivity contribution in [3.8, 4) is 0 Å². The van der Waals surface area contributed by atoms with Gasteiger partial charge in [0.25, 0.3) is 0 Å². The molecule has 0 bridgehead atoms. The van der Waals surface area contributed by atoms with E-state index in [2.05, 4.69) is 20.2 Å². The predicted molar refractivity (Wildman–Crippen MR) is 92.2 cm³/mol. The van der Waals surface area contributed by atoms with Crippen LogP contribution in [0.4, 0.5) is 30.6 Å². The Morgan fingerprint density at radius 1 is 1.00 bits per heavy atom. The largest absolute Gasteiger partial charge is 0.416 e. The Hall–Kier alpha value is -2.31. The fraction of sp³-hybridized carbons (Fsp3) is 0.444. The second-order valence-corrected chi connectivity index (χ2v) is 6.30. The van der Waals surface area contributed by atoms with Crippen LogP contribution in [0.25, 0.3) is 0 Å². The first-order chi connectivity index (χ1) is 11.9. The van der Waals surface area contributed by atoms with Crippen LogP contribution in [-0.4, -0.2) is 23.1 Å². The molecule has 0 unspecified atom stereocenters. The fourth-order valence-corrected chi connectivity index (χ4v) is 2.97. The van der Waals surface area contributed by atoms with Crippen molar-refractivity contribution < 1.29 is 13.2 Å². The van der Waals surface area contributed by atoms with Gasteiger partial charge in [-0.25, -0.2) is 4.98 Å². The van der Waals surface area contributed by atoms with Crippen LogP contribution in [0.15, 0.2) is 30.3 Å². The van der Waals surface area contributed by atoms with Crippen molar-refractivity contribution in [2.45, 2.75) is 38.8 Å². The van der Waals surface area contributed by atoms with E-state index in [9.17, 15) is 13.2 Å². The maximum atomic E-state index is 12.9. The molecule has 0 saturated carbocycles. The second kappa shape index (κ2) is 7.29. The highest BCUT2D eigenvalue weighted by atomic mass is 19.4. The molecule has 25 heavy (non-hydrogen) atoms. The third-order valence-corrected chi connectivity index (χ3v) is 4.22. The van der Waals surface area contributed by atoms with Crippen LogP contribution < -0.4 is 10.2 Å². The molecule has 7 heteroatoms. The first-order valence-corrected chi connectivity index (χ1v) is 8.47. The monoisotopic (exact) mass is 350 g/mol. The van der Waals surface area contributed by atoms with E-state index in [1.165, 1.54) is 18.9 Å². The summed E-state index contributed by atoms with van der Waals surface area (Å²) >= 11 is 0. The number of anilines is 3. The van der Waals surface area contributed by atoms with E-state index in [4.69, 9.17) is 0 Å². The molecule has 1 aliphatic rings. The van der Waals surface area contributed by atoms with E-state index < -0.39 is 11.7 Å². The molecule has 2 aromatic rings. The summed E-state index contributed by atoms with van der Waals surface area (Å²) in [6, 6.07) is 6.98. The van der Waals surface area contributed by atoms with Gasteiger partial charge < -0.3 is 10.2 Å². The zero-order chi connectivity index (χ0) is 17.9. The summed E-state index contributed by atoms with van der Waals surface area (Å²) in [5.41, 5.74) is 0.406. The second-order valence-electron chi connectivity index (χ2n) is 6.30. The summed E-state index contributed by atoms with van der Waals surface area (Å²) in [7, 11) is 0. The highest BCUT2D eigenvalue weighted by Crippen LogP contribution is 2.31. The van der Waals surface area contributed by atoms with Gasteiger partial charge >= 0.3 is 6.18 Å². The SMILES string of the molecule is Cc1cc(N2CCCCCC2)nc(Nc2cccc(C(F)(F)F)c2)n1. The van der Waals surface area contributed by atoms with Crippen LogP contribution in [-0.2, 0) is 6.18 Å². The molecule has 1 N–H and O–H groups in total. The number of nitrogens with zero attached hydrogens (tertiary/aromatic N) is 3. The quantitative estimate of drug-likeness (QED) is 0.852. The molecule has 1 saturated heterocycles. The molecular weight excluding hydrogens is 329 g/mol. The Kier molecular flexibility index (Phi) is 5.11. The zero-order valence-electron chi connectivity index (χ0n) is 14.1. The minimum atomic E-state index is -4.37. The van der Waals surface area contributed by atoms with E-state index in [-0.39, 0.29) is 0 Å². The van der Waals surface area contributed by atoms with Gasteiger partial charge in [-0.2, -0.15) is 18.2 Å². The number of aromatic nitrogens is 2. The van der Waals surface area contributed by atoms with E-state index in [0.717, 1.165) is 49.6 Å².